The van der Waals surface area contributed by atoms with Gasteiger partial charge in [0, 0.05) is 10.9 Å². The predicted molar refractivity (Wildman–Crippen MR) is 84.2 cm³/mol. The van der Waals surface area contributed by atoms with Gasteiger partial charge in [-0.15, -0.1) is 11.3 Å². The number of rotatable bonds is 3. The van der Waals surface area contributed by atoms with Crippen molar-refractivity contribution >= 4 is 60.5 Å². The lowest BCUT2D eigenvalue weighted by molar-refractivity contribution is 0.521. The van der Waals surface area contributed by atoms with E-state index in [4.69, 9.17) is 23.2 Å². The van der Waals surface area contributed by atoms with Crippen LogP contribution >= 0.6 is 50.5 Å². The molecule has 2 atom stereocenters. The molecule has 0 amide bonds. The molecule has 1 heterocycles. The fourth-order valence-corrected chi connectivity index (χ4v) is 6.52. The Labute approximate surface area is 135 Å². The number of thiophene rings is 1. The van der Waals surface area contributed by atoms with E-state index in [1.807, 2.05) is 0 Å². The molecule has 0 bridgehead atoms. The molecule has 108 valence electrons. The first kappa shape index (κ1) is 16.0. The molecular formula is C11H14BrCl2NO2S2. The normalized spacial score (nSPS) is 25.2. The average Bonchev–Trinajstić information content (AvgIpc) is 2.54. The van der Waals surface area contributed by atoms with Gasteiger partial charge in [-0.2, -0.15) is 0 Å². The van der Waals surface area contributed by atoms with E-state index in [-0.39, 0.29) is 20.1 Å². The van der Waals surface area contributed by atoms with Gasteiger partial charge in [-0.25, -0.2) is 13.1 Å². The second kappa shape index (κ2) is 6.62. The van der Waals surface area contributed by atoms with Crippen LogP contribution in [-0.4, -0.2) is 19.3 Å². The third-order valence-electron chi connectivity index (χ3n) is 3.15. The Hall–Kier alpha value is 0.670. The van der Waals surface area contributed by atoms with Crippen LogP contribution in [0.15, 0.2) is 11.0 Å². The molecule has 1 aromatic heterocycles. The summed E-state index contributed by atoms with van der Waals surface area (Å²) in [5, 5.41) is 0. The lowest BCUT2D eigenvalue weighted by Crippen LogP contribution is -2.40. The maximum atomic E-state index is 12.3. The molecule has 0 saturated heterocycles. The van der Waals surface area contributed by atoms with E-state index in [1.54, 1.807) is 0 Å². The highest BCUT2D eigenvalue weighted by Gasteiger charge is 2.29. The van der Waals surface area contributed by atoms with E-state index in [0.29, 0.717) is 4.34 Å². The standard InChI is InChI=1S/C11H14BrCl2NO2S2/c12-7-4-2-1-3-5-8(7)15-19(16,17)9-6-10(13)18-11(9)14/h6-8,15H,1-5H2. The third-order valence-corrected chi connectivity index (χ3v) is 7.49. The molecule has 1 fully saturated rings. The van der Waals surface area contributed by atoms with Gasteiger partial charge in [0.25, 0.3) is 0 Å². The first-order chi connectivity index (χ1) is 8.90. The summed E-state index contributed by atoms with van der Waals surface area (Å²) in [5.41, 5.74) is 0. The van der Waals surface area contributed by atoms with Gasteiger partial charge in [0.2, 0.25) is 10.0 Å². The summed E-state index contributed by atoms with van der Waals surface area (Å²) < 4.78 is 28.0. The number of hydrogen-bond donors (Lipinski definition) is 1. The highest BCUT2D eigenvalue weighted by atomic mass is 79.9. The Balaban J connectivity index is 2.18. The molecule has 1 aliphatic rings. The monoisotopic (exact) mass is 405 g/mol. The summed E-state index contributed by atoms with van der Waals surface area (Å²) in [6, 6.07) is 1.30. The minimum absolute atomic E-state index is 0.0770. The number of alkyl halides is 1. The van der Waals surface area contributed by atoms with E-state index < -0.39 is 10.0 Å². The Kier molecular flexibility index (Phi) is 5.59. The third kappa shape index (κ3) is 4.08. The number of nitrogens with one attached hydrogen (secondary N) is 1. The molecule has 19 heavy (non-hydrogen) atoms. The van der Waals surface area contributed by atoms with Gasteiger partial charge in [-0.1, -0.05) is 58.4 Å². The van der Waals surface area contributed by atoms with Crippen molar-refractivity contribution in [3.8, 4) is 0 Å². The molecule has 8 heteroatoms. The quantitative estimate of drug-likeness (QED) is 0.596. The van der Waals surface area contributed by atoms with E-state index in [1.165, 1.54) is 6.07 Å². The zero-order chi connectivity index (χ0) is 14.0. The lowest BCUT2D eigenvalue weighted by Gasteiger charge is -2.21. The molecular weight excluding hydrogens is 393 g/mol. The zero-order valence-electron chi connectivity index (χ0n) is 10.0. The van der Waals surface area contributed by atoms with Crippen molar-refractivity contribution in [1.29, 1.82) is 0 Å². The molecule has 1 saturated carbocycles. The number of hydrogen-bond acceptors (Lipinski definition) is 3. The Morgan fingerprint density at radius 3 is 2.58 bits per heavy atom. The summed E-state index contributed by atoms with van der Waals surface area (Å²) in [5.74, 6) is 0. The van der Waals surface area contributed by atoms with Crippen molar-refractivity contribution in [3.05, 3.63) is 14.7 Å². The van der Waals surface area contributed by atoms with Crippen molar-refractivity contribution in [3.63, 3.8) is 0 Å². The summed E-state index contributed by atoms with van der Waals surface area (Å²) in [6.07, 6.45) is 5.12. The van der Waals surface area contributed by atoms with Crippen LogP contribution in [0.3, 0.4) is 0 Å². The first-order valence-corrected chi connectivity index (χ1v) is 9.98. The van der Waals surface area contributed by atoms with Gasteiger partial charge >= 0.3 is 0 Å². The summed E-state index contributed by atoms with van der Waals surface area (Å²) in [7, 11) is -3.60. The van der Waals surface area contributed by atoms with Crippen molar-refractivity contribution in [2.75, 3.05) is 0 Å². The van der Waals surface area contributed by atoms with Crippen LogP contribution in [0.1, 0.15) is 32.1 Å². The zero-order valence-corrected chi connectivity index (χ0v) is 14.8. The maximum absolute atomic E-state index is 12.3. The van der Waals surface area contributed by atoms with Crippen LogP contribution in [0.25, 0.3) is 0 Å². The van der Waals surface area contributed by atoms with E-state index in [9.17, 15) is 8.42 Å². The largest absolute Gasteiger partial charge is 0.243 e. The SMILES string of the molecule is O=S(=O)(NC1CCCCCC1Br)c1cc(Cl)sc1Cl. The Morgan fingerprint density at radius 2 is 1.95 bits per heavy atom. The van der Waals surface area contributed by atoms with E-state index in [2.05, 4.69) is 20.7 Å². The molecule has 0 spiro atoms. The number of sulfonamides is 1. The van der Waals surface area contributed by atoms with Crippen LogP contribution in [0.2, 0.25) is 8.67 Å². The molecule has 1 N–H and O–H groups in total. The maximum Gasteiger partial charge on any atom is 0.243 e. The summed E-state index contributed by atoms with van der Waals surface area (Å²) >= 11 is 16.4. The highest BCUT2D eigenvalue weighted by Crippen LogP contribution is 2.35. The minimum atomic E-state index is -3.60. The molecule has 1 aliphatic carbocycles. The Bertz CT molecular complexity index is 547. The van der Waals surface area contributed by atoms with E-state index >= 15 is 0 Å². The Morgan fingerprint density at radius 1 is 1.26 bits per heavy atom. The van der Waals surface area contributed by atoms with Crippen LogP contribution < -0.4 is 4.72 Å². The second-order valence-corrected chi connectivity index (χ2v) is 9.71. The molecule has 0 aliphatic heterocycles. The van der Waals surface area contributed by atoms with Gasteiger partial charge in [0.15, 0.2) is 0 Å². The van der Waals surface area contributed by atoms with Crippen molar-refractivity contribution < 1.29 is 8.42 Å². The van der Waals surface area contributed by atoms with Crippen LogP contribution in [0.4, 0.5) is 0 Å². The van der Waals surface area contributed by atoms with Gasteiger partial charge < -0.3 is 0 Å². The molecule has 0 radical (unpaired) electrons. The molecule has 2 unspecified atom stereocenters. The van der Waals surface area contributed by atoms with Gasteiger partial charge in [-0.05, 0) is 18.9 Å². The average molecular weight is 407 g/mol. The molecule has 0 aromatic carbocycles. The van der Waals surface area contributed by atoms with Crippen LogP contribution in [0, 0.1) is 0 Å². The molecule has 3 nitrogen and oxygen atoms in total. The van der Waals surface area contributed by atoms with Crippen LogP contribution in [0.5, 0.6) is 0 Å². The lowest BCUT2D eigenvalue weighted by atomic mass is 10.1. The van der Waals surface area contributed by atoms with Gasteiger partial charge in [0.1, 0.15) is 9.23 Å². The smallest absolute Gasteiger partial charge is 0.207 e. The van der Waals surface area contributed by atoms with Gasteiger partial charge in [0.05, 0.1) is 4.34 Å². The predicted octanol–water partition coefficient (Wildman–Crippen LogP) is 4.43. The minimum Gasteiger partial charge on any atom is -0.207 e. The first-order valence-electron chi connectivity index (χ1n) is 6.01. The van der Waals surface area contributed by atoms with Gasteiger partial charge in [-0.3, -0.25) is 0 Å². The molecule has 2 rings (SSSR count). The van der Waals surface area contributed by atoms with Crippen molar-refractivity contribution in [1.82, 2.24) is 4.72 Å². The fraction of sp³-hybridized carbons (Fsp3) is 0.636. The fourth-order valence-electron chi connectivity index (χ4n) is 2.17. The van der Waals surface area contributed by atoms with E-state index in [0.717, 1.165) is 43.4 Å². The molecule has 1 aromatic rings. The van der Waals surface area contributed by atoms with Crippen molar-refractivity contribution in [2.24, 2.45) is 0 Å². The van der Waals surface area contributed by atoms with Crippen molar-refractivity contribution in [2.45, 2.75) is 47.9 Å². The summed E-state index contributed by atoms with van der Waals surface area (Å²) in [6.45, 7) is 0. The highest BCUT2D eigenvalue weighted by molar-refractivity contribution is 9.09. The summed E-state index contributed by atoms with van der Waals surface area (Å²) in [4.78, 5) is 0.241. The topological polar surface area (TPSA) is 46.2 Å². The van der Waals surface area contributed by atoms with Crippen LogP contribution in [-0.2, 0) is 10.0 Å². The number of halogens is 3. The second-order valence-electron chi connectivity index (χ2n) is 4.57.